The number of benzene rings is 3. The van der Waals surface area contributed by atoms with Crippen LogP contribution in [-0.4, -0.2) is 17.3 Å². The molecule has 0 unspecified atom stereocenters. The molecular weight excluding hydrogens is 338 g/mol. The Balaban J connectivity index is 1.54. The van der Waals surface area contributed by atoms with Crippen LogP contribution in [0.1, 0.15) is 21.7 Å². The summed E-state index contributed by atoms with van der Waals surface area (Å²) >= 11 is 0. The molecule has 5 nitrogen and oxygen atoms in total. The largest absolute Gasteiger partial charge is 0.360 e. The Morgan fingerprint density at radius 2 is 1.74 bits per heavy atom. The third-order valence-corrected chi connectivity index (χ3v) is 4.29. The summed E-state index contributed by atoms with van der Waals surface area (Å²) in [6, 6.07) is 23.5. The number of rotatable bonds is 4. The molecule has 0 bridgehead atoms. The Kier molecular flexibility index (Phi) is 4.49. The molecule has 0 aliphatic rings. The number of nitrogens with one attached hydrogen (secondary N) is 1. The molecule has 27 heavy (non-hydrogen) atoms. The van der Waals surface area contributed by atoms with E-state index < -0.39 is 0 Å². The number of carbonyl (C=O) groups is 1. The molecule has 0 aliphatic heterocycles. The normalized spacial score (nSPS) is 11.1. The minimum atomic E-state index is -0.357. The summed E-state index contributed by atoms with van der Waals surface area (Å²) in [7, 11) is 0. The van der Waals surface area contributed by atoms with Gasteiger partial charge in [0.05, 0.1) is 6.21 Å². The first-order valence-electron chi connectivity index (χ1n) is 8.56. The molecule has 1 N–H and O–H groups in total. The van der Waals surface area contributed by atoms with E-state index in [2.05, 4.69) is 21.8 Å². The van der Waals surface area contributed by atoms with Gasteiger partial charge >= 0.3 is 0 Å². The van der Waals surface area contributed by atoms with E-state index in [4.69, 9.17) is 4.52 Å². The first-order valence-corrected chi connectivity index (χ1v) is 8.56. The fourth-order valence-corrected chi connectivity index (χ4v) is 2.94. The van der Waals surface area contributed by atoms with Crippen molar-refractivity contribution in [2.75, 3.05) is 0 Å². The van der Waals surface area contributed by atoms with Gasteiger partial charge in [-0.05, 0) is 29.3 Å². The Hall–Kier alpha value is -3.73. The summed E-state index contributed by atoms with van der Waals surface area (Å²) in [5.74, 6) is 0.0944. The van der Waals surface area contributed by atoms with E-state index in [-0.39, 0.29) is 5.91 Å². The van der Waals surface area contributed by atoms with Gasteiger partial charge in [-0.2, -0.15) is 5.10 Å². The molecule has 4 rings (SSSR count). The average Bonchev–Trinajstić information content (AvgIpc) is 3.10. The second kappa shape index (κ2) is 7.25. The van der Waals surface area contributed by atoms with Crippen LogP contribution in [0, 0.1) is 6.92 Å². The van der Waals surface area contributed by atoms with E-state index in [1.807, 2.05) is 66.7 Å². The second-order valence-electron chi connectivity index (χ2n) is 6.13. The van der Waals surface area contributed by atoms with Crippen molar-refractivity contribution < 1.29 is 9.32 Å². The minimum absolute atomic E-state index is 0.357. The number of hydrogen-bond acceptors (Lipinski definition) is 4. The van der Waals surface area contributed by atoms with Crippen molar-refractivity contribution in [1.82, 2.24) is 10.6 Å². The predicted octanol–water partition coefficient (Wildman–Crippen LogP) is 4.57. The smallest absolute Gasteiger partial charge is 0.277 e. The van der Waals surface area contributed by atoms with Gasteiger partial charge in [-0.25, -0.2) is 5.43 Å². The van der Waals surface area contributed by atoms with E-state index in [0.29, 0.717) is 17.0 Å². The number of hydrogen-bond donors (Lipinski definition) is 1. The van der Waals surface area contributed by atoms with Crippen LogP contribution in [0.4, 0.5) is 0 Å². The molecule has 5 heteroatoms. The Bertz CT molecular complexity index is 1130. The van der Waals surface area contributed by atoms with Crippen LogP contribution in [0.2, 0.25) is 0 Å². The standard InChI is InChI=1S/C22H17N3O2/c1-15-20(21(25-27-15)18-8-3-2-4-9-18)22(26)24-23-14-16-11-12-17-7-5-6-10-19(17)13-16/h2-14H,1H3,(H,24,26). The Morgan fingerprint density at radius 3 is 2.56 bits per heavy atom. The zero-order chi connectivity index (χ0) is 18.6. The zero-order valence-corrected chi connectivity index (χ0v) is 14.7. The summed E-state index contributed by atoms with van der Waals surface area (Å²) in [6.45, 7) is 1.71. The topological polar surface area (TPSA) is 67.5 Å². The molecule has 0 saturated heterocycles. The highest BCUT2D eigenvalue weighted by Crippen LogP contribution is 2.24. The van der Waals surface area contributed by atoms with Crippen molar-refractivity contribution in [3.8, 4) is 11.3 Å². The number of hydrazone groups is 1. The fourth-order valence-electron chi connectivity index (χ4n) is 2.94. The van der Waals surface area contributed by atoms with Gasteiger partial charge in [0, 0.05) is 5.56 Å². The lowest BCUT2D eigenvalue weighted by atomic mass is 10.1. The highest BCUT2D eigenvalue weighted by Gasteiger charge is 2.21. The molecular formula is C22H17N3O2. The number of aryl methyl sites for hydroxylation is 1. The Morgan fingerprint density at radius 1 is 1.00 bits per heavy atom. The van der Waals surface area contributed by atoms with E-state index in [0.717, 1.165) is 21.9 Å². The molecule has 3 aromatic carbocycles. The fraction of sp³-hybridized carbons (Fsp3) is 0.0455. The summed E-state index contributed by atoms with van der Waals surface area (Å²) in [5, 5.41) is 10.4. The first kappa shape index (κ1) is 16.7. The SMILES string of the molecule is Cc1onc(-c2ccccc2)c1C(=O)NN=Cc1ccc2ccccc2c1. The maximum atomic E-state index is 12.6. The highest BCUT2D eigenvalue weighted by molar-refractivity contribution is 6.01. The van der Waals surface area contributed by atoms with Gasteiger partial charge in [0.2, 0.25) is 0 Å². The van der Waals surface area contributed by atoms with Crippen LogP contribution >= 0.6 is 0 Å². The van der Waals surface area contributed by atoms with Gasteiger partial charge in [0.25, 0.3) is 5.91 Å². The number of carbonyl (C=O) groups excluding carboxylic acids is 1. The van der Waals surface area contributed by atoms with Crippen LogP contribution in [-0.2, 0) is 0 Å². The van der Waals surface area contributed by atoms with Gasteiger partial charge in [0.1, 0.15) is 17.0 Å². The van der Waals surface area contributed by atoms with Crippen molar-refractivity contribution in [3.63, 3.8) is 0 Å². The maximum absolute atomic E-state index is 12.6. The van der Waals surface area contributed by atoms with Crippen LogP contribution in [0.25, 0.3) is 22.0 Å². The van der Waals surface area contributed by atoms with Crippen LogP contribution in [0.15, 0.2) is 82.4 Å². The third-order valence-electron chi connectivity index (χ3n) is 4.29. The number of amides is 1. The van der Waals surface area contributed by atoms with Gasteiger partial charge in [-0.3, -0.25) is 4.79 Å². The van der Waals surface area contributed by atoms with E-state index in [1.54, 1.807) is 13.1 Å². The van der Waals surface area contributed by atoms with Crippen molar-refractivity contribution in [2.45, 2.75) is 6.92 Å². The lowest BCUT2D eigenvalue weighted by molar-refractivity contribution is 0.0954. The summed E-state index contributed by atoms with van der Waals surface area (Å²) < 4.78 is 5.22. The summed E-state index contributed by atoms with van der Waals surface area (Å²) in [5.41, 5.74) is 5.17. The van der Waals surface area contributed by atoms with Crippen molar-refractivity contribution in [1.29, 1.82) is 0 Å². The number of fused-ring (bicyclic) bond motifs is 1. The van der Waals surface area contributed by atoms with Gasteiger partial charge in [0.15, 0.2) is 0 Å². The van der Waals surface area contributed by atoms with E-state index in [1.165, 1.54) is 0 Å². The predicted molar refractivity (Wildman–Crippen MR) is 106 cm³/mol. The lowest BCUT2D eigenvalue weighted by Crippen LogP contribution is -2.18. The third kappa shape index (κ3) is 3.48. The number of aromatic nitrogens is 1. The van der Waals surface area contributed by atoms with Crippen LogP contribution < -0.4 is 5.43 Å². The maximum Gasteiger partial charge on any atom is 0.277 e. The minimum Gasteiger partial charge on any atom is -0.360 e. The Labute approximate surface area is 156 Å². The highest BCUT2D eigenvalue weighted by atomic mass is 16.5. The van der Waals surface area contributed by atoms with Gasteiger partial charge < -0.3 is 4.52 Å². The van der Waals surface area contributed by atoms with Crippen LogP contribution in [0.5, 0.6) is 0 Å². The van der Waals surface area contributed by atoms with E-state index >= 15 is 0 Å². The van der Waals surface area contributed by atoms with Crippen LogP contribution in [0.3, 0.4) is 0 Å². The molecule has 0 saturated carbocycles. The molecule has 1 amide bonds. The average molecular weight is 355 g/mol. The van der Waals surface area contributed by atoms with Crippen molar-refractivity contribution in [3.05, 3.63) is 89.7 Å². The molecule has 1 heterocycles. The molecule has 0 fully saturated rings. The summed E-state index contributed by atoms with van der Waals surface area (Å²) in [4.78, 5) is 12.6. The molecule has 1 aromatic heterocycles. The molecule has 132 valence electrons. The summed E-state index contributed by atoms with van der Waals surface area (Å²) in [6.07, 6.45) is 1.62. The molecule has 4 aromatic rings. The van der Waals surface area contributed by atoms with E-state index in [9.17, 15) is 4.79 Å². The second-order valence-corrected chi connectivity index (χ2v) is 6.13. The molecule has 0 atom stereocenters. The van der Waals surface area contributed by atoms with Gasteiger partial charge in [-0.1, -0.05) is 71.9 Å². The molecule has 0 spiro atoms. The lowest BCUT2D eigenvalue weighted by Gasteiger charge is -2.02. The first-order chi connectivity index (χ1) is 13.2. The molecule has 0 aliphatic carbocycles. The molecule has 0 radical (unpaired) electrons. The number of nitrogens with zero attached hydrogens (tertiary/aromatic N) is 2. The van der Waals surface area contributed by atoms with Crippen molar-refractivity contribution in [2.24, 2.45) is 5.10 Å². The van der Waals surface area contributed by atoms with Crippen molar-refractivity contribution >= 4 is 22.9 Å². The quantitative estimate of drug-likeness (QED) is 0.431. The van der Waals surface area contributed by atoms with Gasteiger partial charge in [-0.15, -0.1) is 0 Å². The zero-order valence-electron chi connectivity index (χ0n) is 14.7. The monoisotopic (exact) mass is 355 g/mol.